The Kier molecular flexibility index (Phi) is 6.28. The van der Waals surface area contributed by atoms with E-state index in [0.29, 0.717) is 22.5 Å². The van der Waals surface area contributed by atoms with Crippen LogP contribution in [0.1, 0.15) is 28.8 Å². The van der Waals surface area contributed by atoms with Gasteiger partial charge in [0.15, 0.2) is 10.8 Å². The highest BCUT2D eigenvalue weighted by molar-refractivity contribution is 7.89. The second-order valence-corrected chi connectivity index (χ2v) is 8.52. The first kappa shape index (κ1) is 21.3. The van der Waals surface area contributed by atoms with Crippen LogP contribution in [-0.4, -0.2) is 25.9 Å². The summed E-state index contributed by atoms with van der Waals surface area (Å²) in [5, 5.41) is 2.82. The molecule has 11 heteroatoms. The number of nitrogens with zero attached hydrogens (tertiary/aromatic N) is 1. The number of hydrogen-bond donors (Lipinski definition) is 2. The highest BCUT2D eigenvalue weighted by Crippen LogP contribution is 2.31. The molecule has 2 aromatic rings. The molecule has 0 aliphatic heterocycles. The van der Waals surface area contributed by atoms with Crippen molar-refractivity contribution in [2.75, 3.05) is 11.9 Å². The number of halogens is 3. The predicted molar refractivity (Wildman–Crippen MR) is 96.2 cm³/mol. The molecule has 1 amide bonds. The fraction of sp³-hybridized carbons (Fsp3) is 0.375. The molecule has 0 radical (unpaired) electrons. The summed E-state index contributed by atoms with van der Waals surface area (Å²) >= 11 is 0.644. The molecule has 0 aliphatic carbocycles. The molecule has 0 aliphatic rings. The quantitative estimate of drug-likeness (QED) is 0.748. The van der Waals surface area contributed by atoms with Gasteiger partial charge < -0.3 is 5.32 Å². The largest absolute Gasteiger partial charge is 0.434 e. The number of amides is 1. The fourth-order valence-electron chi connectivity index (χ4n) is 2.60. The van der Waals surface area contributed by atoms with Crippen LogP contribution in [-0.2, 0) is 21.0 Å². The topological polar surface area (TPSA) is 88.2 Å². The Morgan fingerprint density at radius 2 is 1.78 bits per heavy atom. The normalized spacial score (nSPS) is 12.2. The Labute approximate surface area is 158 Å². The lowest BCUT2D eigenvalue weighted by atomic mass is 10.1. The standard InChI is InChI=1S/C16H18F3N3O3S2/c1-9-6-10(2)14(11(3)7-9)27(24,25)20-5-4-13(23)22-15-21-12(8-26-15)16(17,18)19/h6-8,20H,4-5H2,1-3H3,(H,21,22,23). The Balaban J connectivity index is 1.95. The van der Waals surface area contributed by atoms with E-state index in [4.69, 9.17) is 0 Å². The average Bonchev–Trinajstić information content (AvgIpc) is 2.93. The number of thiazole rings is 1. The maximum absolute atomic E-state index is 12.5. The van der Waals surface area contributed by atoms with Crippen LogP contribution in [0.4, 0.5) is 18.3 Å². The number of carbonyl (C=O) groups is 1. The summed E-state index contributed by atoms with van der Waals surface area (Å²) in [6.07, 6.45) is -4.83. The molecule has 1 aromatic heterocycles. The van der Waals surface area contributed by atoms with Gasteiger partial charge in [0.2, 0.25) is 15.9 Å². The molecule has 148 valence electrons. The molecule has 27 heavy (non-hydrogen) atoms. The minimum absolute atomic E-state index is 0.156. The smallest absolute Gasteiger partial charge is 0.302 e. The van der Waals surface area contributed by atoms with E-state index in [1.54, 1.807) is 26.0 Å². The van der Waals surface area contributed by atoms with Crippen molar-refractivity contribution in [3.05, 3.63) is 39.9 Å². The van der Waals surface area contributed by atoms with Crippen molar-refractivity contribution in [3.8, 4) is 0 Å². The Morgan fingerprint density at radius 3 is 2.30 bits per heavy atom. The van der Waals surface area contributed by atoms with Gasteiger partial charge in [0, 0.05) is 18.3 Å². The molecule has 0 fully saturated rings. The van der Waals surface area contributed by atoms with Crippen LogP contribution in [0.5, 0.6) is 0 Å². The van der Waals surface area contributed by atoms with Crippen LogP contribution >= 0.6 is 11.3 Å². The third-order valence-corrected chi connectivity index (χ3v) is 6.08. The summed E-state index contributed by atoms with van der Waals surface area (Å²) in [6.45, 7) is 5.03. The lowest BCUT2D eigenvalue weighted by Crippen LogP contribution is -2.29. The van der Waals surface area contributed by atoms with Crippen molar-refractivity contribution in [2.45, 2.75) is 38.3 Å². The minimum Gasteiger partial charge on any atom is -0.302 e. The average molecular weight is 421 g/mol. The number of carbonyl (C=O) groups excluding carboxylic acids is 1. The van der Waals surface area contributed by atoms with Gasteiger partial charge in [-0.25, -0.2) is 18.1 Å². The van der Waals surface area contributed by atoms with Crippen LogP contribution in [0, 0.1) is 20.8 Å². The molecule has 1 aromatic carbocycles. The van der Waals surface area contributed by atoms with Crippen molar-refractivity contribution in [2.24, 2.45) is 0 Å². The van der Waals surface area contributed by atoms with Crippen LogP contribution < -0.4 is 10.0 Å². The van der Waals surface area contributed by atoms with Gasteiger partial charge in [-0.05, 0) is 31.9 Å². The lowest BCUT2D eigenvalue weighted by Gasteiger charge is -2.13. The second-order valence-electron chi connectivity index (χ2n) is 5.96. The van der Waals surface area contributed by atoms with E-state index in [2.05, 4.69) is 15.0 Å². The van der Waals surface area contributed by atoms with Crippen LogP contribution in [0.3, 0.4) is 0 Å². The molecular weight excluding hydrogens is 403 g/mol. The Hall–Kier alpha value is -1.98. The molecule has 2 rings (SSSR count). The van der Waals surface area contributed by atoms with Crippen molar-refractivity contribution in [1.82, 2.24) is 9.71 Å². The summed E-state index contributed by atoms with van der Waals surface area (Å²) in [4.78, 5) is 15.2. The molecule has 0 saturated carbocycles. The predicted octanol–water partition coefficient (Wildman–Crippen LogP) is 3.39. The van der Waals surface area contributed by atoms with Gasteiger partial charge in [0.05, 0.1) is 4.90 Å². The second kappa shape index (κ2) is 7.95. The molecule has 0 saturated heterocycles. The van der Waals surface area contributed by atoms with E-state index in [0.717, 1.165) is 10.9 Å². The molecule has 0 atom stereocenters. The number of aryl methyl sites for hydroxylation is 3. The van der Waals surface area contributed by atoms with Gasteiger partial charge in [-0.15, -0.1) is 11.3 Å². The number of rotatable bonds is 6. The first-order chi connectivity index (χ1) is 12.4. The van der Waals surface area contributed by atoms with Crippen molar-refractivity contribution in [3.63, 3.8) is 0 Å². The van der Waals surface area contributed by atoms with E-state index in [1.807, 2.05) is 6.92 Å². The summed E-state index contributed by atoms with van der Waals surface area (Å²) in [6, 6.07) is 3.49. The summed E-state index contributed by atoms with van der Waals surface area (Å²) < 4.78 is 64.7. The van der Waals surface area contributed by atoms with Gasteiger partial charge in [-0.2, -0.15) is 13.2 Å². The molecule has 0 bridgehead atoms. The number of benzene rings is 1. The van der Waals surface area contributed by atoms with Crippen LogP contribution in [0.2, 0.25) is 0 Å². The fourth-order valence-corrected chi connectivity index (χ4v) is 4.82. The van der Waals surface area contributed by atoms with Crippen molar-refractivity contribution < 1.29 is 26.4 Å². The number of alkyl halides is 3. The van der Waals surface area contributed by atoms with Gasteiger partial charge in [-0.3, -0.25) is 4.79 Å². The van der Waals surface area contributed by atoms with Crippen molar-refractivity contribution in [1.29, 1.82) is 0 Å². The van der Waals surface area contributed by atoms with Crippen molar-refractivity contribution >= 4 is 32.4 Å². The van der Waals surface area contributed by atoms with E-state index in [-0.39, 0.29) is 23.0 Å². The number of nitrogens with one attached hydrogen (secondary N) is 2. The van der Waals surface area contributed by atoms with Gasteiger partial charge in [0.25, 0.3) is 0 Å². The SMILES string of the molecule is Cc1cc(C)c(S(=O)(=O)NCCC(=O)Nc2nc(C(F)(F)F)cs2)c(C)c1. The number of sulfonamides is 1. The van der Waals surface area contributed by atoms with E-state index >= 15 is 0 Å². The number of anilines is 1. The van der Waals surface area contributed by atoms with E-state index in [9.17, 15) is 26.4 Å². The highest BCUT2D eigenvalue weighted by Gasteiger charge is 2.33. The Morgan fingerprint density at radius 1 is 1.19 bits per heavy atom. The van der Waals surface area contributed by atoms with Gasteiger partial charge in [-0.1, -0.05) is 17.7 Å². The lowest BCUT2D eigenvalue weighted by molar-refractivity contribution is -0.140. The molecular formula is C16H18F3N3O3S2. The van der Waals surface area contributed by atoms with Crippen LogP contribution in [0.25, 0.3) is 0 Å². The molecule has 0 unspecified atom stereocenters. The number of hydrogen-bond acceptors (Lipinski definition) is 5. The zero-order valence-electron chi connectivity index (χ0n) is 14.8. The van der Waals surface area contributed by atoms with E-state index < -0.39 is 27.8 Å². The zero-order valence-corrected chi connectivity index (χ0v) is 16.4. The third-order valence-electron chi connectivity index (χ3n) is 3.56. The van der Waals surface area contributed by atoms with Gasteiger partial charge in [0.1, 0.15) is 0 Å². The number of aromatic nitrogens is 1. The van der Waals surface area contributed by atoms with Gasteiger partial charge >= 0.3 is 6.18 Å². The molecule has 2 N–H and O–H groups in total. The summed E-state index contributed by atoms with van der Waals surface area (Å²) in [5.41, 5.74) is 1.03. The summed E-state index contributed by atoms with van der Waals surface area (Å²) in [7, 11) is -3.81. The minimum atomic E-state index is -4.58. The monoisotopic (exact) mass is 421 g/mol. The maximum atomic E-state index is 12.5. The van der Waals surface area contributed by atoms with E-state index in [1.165, 1.54) is 0 Å². The summed E-state index contributed by atoms with van der Waals surface area (Å²) in [5.74, 6) is -0.641. The maximum Gasteiger partial charge on any atom is 0.434 e. The third kappa shape index (κ3) is 5.50. The molecule has 1 heterocycles. The molecule has 0 spiro atoms. The first-order valence-corrected chi connectivity index (χ1v) is 10.2. The first-order valence-electron chi connectivity index (χ1n) is 7.80. The Bertz CT molecular complexity index is 930. The van der Waals surface area contributed by atoms with Crippen LogP contribution in [0.15, 0.2) is 22.4 Å². The highest BCUT2D eigenvalue weighted by atomic mass is 32.2. The zero-order chi connectivity index (χ0) is 20.4. The molecule has 6 nitrogen and oxygen atoms in total.